The zero-order chi connectivity index (χ0) is 54.1. The first-order chi connectivity index (χ1) is 36.2. The van der Waals surface area contributed by atoms with Crippen molar-refractivity contribution in [3.63, 3.8) is 0 Å². The van der Waals surface area contributed by atoms with Gasteiger partial charge in [-0.05, 0) is 83.5 Å². The number of ether oxygens (including phenoxy) is 3. The summed E-state index contributed by atoms with van der Waals surface area (Å²) in [5.41, 5.74) is 0. The van der Waals surface area contributed by atoms with Crippen molar-refractivity contribution in [1.29, 1.82) is 0 Å². The van der Waals surface area contributed by atoms with Gasteiger partial charge in [-0.3, -0.25) is 23.4 Å². The molecule has 0 fully saturated rings. The van der Waals surface area contributed by atoms with Gasteiger partial charge in [-0.2, -0.15) is 0 Å². The van der Waals surface area contributed by atoms with Gasteiger partial charge in [-0.15, -0.1) is 0 Å². The summed E-state index contributed by atoms with van der Waals surface area (Å²) in [6.07, 6.45) is 66.5. The lowest BCUT2D eigenvalue weighted by Crippen LogP contribution is -2.30. The van der Waals surface area contributed by atoms with Gasteiger partial charge in [0.05, 0.1) is 26.2 Å². The van der Waals surface area contributed by atoms with Gasteiger partial charge in [0.2, 0.25) is 0 Å². The highest BCUT2D eigenvalue weighted by Crippen LogP contribution is 2.43. The minimum atomic E-state index is -4.78. The lowest BCUT2D eigenvalue weighted by molar-refractivity contribution is -0.161. The van der Waals surface area contributed by atoms with E-state index in [-0.39, 0.29) is 25.9 Å². The molecule has 0 aliphatic rings. The Bertz CT molecular complexity index is 1660. The lowest BCUT2D eigenvalue weighted by Gasteiger charge is -2.21. The largest absolute Gasteiger partial charge is 0.472 e. The van der Waals surface area contributed by atoms with Crippen molar-refractivity contribution in [2.75, 3.05) is 26.4 Å². The molecule has 0 aromatic heterocycles. The second-order valence-electron chi connectivity index (χ2n) is 18.7. The van der Waals surface area contributed by atoms with E-state index >= 15 is 0 Å². The molecule has 74 heavy (non-hydrogen) atoms. The summed E-state index contributed by atoms with van der Waals surface area (Å²) in [5.74, 6) is -1.63. The van der Waals surface area contributed by atoms with Gasteiger partial charge in [-0.1, -0.05) is 233 Å². The molecule has 422 valence electrons. The Balaban J connectivity index is 4.85. The van der Waals surface area contributed by atoms with Crippen LogP contribution in [0.2, 0.25) is 0 Å². The number of aliphatic hydroxyl groups excluding tert-OH is 1. The van der Waals surface area contributed by atoms with Gasteiger partial charge in [0.15, 0.2) is 6.10 Å². The maximum absolute atomic E-state index is 12.9. The molecule has 12 heteroatoms. The fourth-order valence-corrected chi connectivity index (χ4v) is 8.21. The molecule has 0 aromatic rings. The third kappa shape index (κ3) is 53.0. The topological polar surface area (TPSA) is 155 Å². The highest BCUT2D eigenvalue weighted by molar-refractivity contribution is 7.47. The predicted octanol–water partition coefficient (Wildman–Crippen LogP) is 17.0. The van der Waals surface area contributed by atoms with Gasteiger partial charge in [0.25, 0.3) is 0 Å². The number of phosphoric acid groups is 1. The molecule has 0 saturated heterocycles. The number of aliphatic hydroxyl groups is 1. The Kier molecular flexibility index (Phi) is 52.5. The molecule has 0 aliphatic carbocycles. The van der Waals surface area contributed by atoms with Gasteiger partial charge < -0.3 is 24.2 Å². The van der Waals surface area contributed by atoms with Crippen LogP contribution in [-0.2, 0) is 42.2 Å². The average molecular weight is 1060 g/mol. The number of hydrogen-bond donors (Lipinski definition) is 2. The normalized spacial score (nSPS) is 14.2. The number of carbonyl (C=O) groups is 3. The van der Waals surface area contributed by atoms with Gasteiger partial charge in [0, 0.05) is 12.8 Å². The highest BCUT2D eigenvalue weighted by atomic mass is 31.2. The maximum atomic E-state index is 12.9. The van der Waals surface area contributed by atoms with Crippen molar-refractivity contribution >= 4 is 25.7 Å². The maximum Gasteiger partial charge on any atom is 0.472 e. The van der Waals surface area contributed by atoms with Crippen molar-refractivity contribution in [3.05, 3.63) is 109 Å². The average Bonchev–Trinajstić information content (AvgIpc) is 3.39. The van der Waals surface area contributed by atoms with Gasteiger partial charge in [0.1, 0.15) is 12.7 Å². The second kappa shape index (κ2) is 55.4. The molecule has 11 nitrogen and oxygen atoms in total. The fourth-order valence-electron chi connectivity index (χ4n) is 7.42. The SMILES string of the molecule is CC/C=C\C/C=C\C/C=C\C/C=C\C/C=C\CC(=O)OC(CO)COP(=O)(O)OCC(COC(=O)CCCCCCCCCCCCCCCCC)OC(=O)CCCCCC/C=C\C/C=C\C/C=C\C/C=C\CC. The predicted molar refractivity (Wildman–Crippen MR) is 307 cm³/mol. The first-order valence-electron chi connectivity index (χ1n) is 28.8. The van der Waals surface area contributed by atoms with E-state index in [4.69, 9.17) is 23.3 Å². The van der Waals surface area contributed by atoms with Crippen molar-refractivity contribution in [2.24, 2.45) is 0 Å². The van der Waals surface area contributed by atoms with Gasteiger partial charge in [-0.25, -0.2) is 4.57 Å². The van der Waals surface area contributed by atoms with Crippen LogP contribution in [0, 0.1) is 0 Å². The van der Waals surface area contributed by atoms with E-state index in [1.165, 1.54) is 70.6 Å². The van der Waals surface area contributed by atoms with E-state index < -0.39 is 57.8 Å². The van der Waals surface area contributed by atoms with Crippen LogP contribution in [0.15, 0.2) is 109 Å². The third-order valence-corrected chi connectivity index (χ3v) is 12.7. The van der Waals surface area contributed by atoms with Crippen LogP contribution in [-0.4, -0.2) is 66.5 Å². The Hall–Kier alpha value is -3.86. The smallest absolute Gasteiger partial charge is 0.462 e. The third-order valence-electron chi connectivity index (χ3n) is 11.7. The molecule has 0 heterocycles. The van der Waals surface area contributed by atoms with Crippen LogP contribution in [0.4, 0.5) is 0 Å². The Morgan fingerprint density at radius 3 is 1.19 bits per heavy atom. The summed E-state index contributed by atoms with van der Waals surface area (Å²) in [4.78, 5) is 48.5. The minimum Gasteiger partial charge on any atom is -0.462 e. The summed E-state index contributed by atoms with van der Waals surface area (Å²) in [6, 6.07) is 0. The minimum absolute atomic E-state index is 0.0610. The number of hydrogen-bond acceptors (Lipinski definition) is 10. The quantitative estimate of drug-likeness (QED) is 0.0197. The van der Waals surface area contributed by atoms with Crippen LogP contribution in [0.3, 0.4) is 0 Å². The molecule has 0 radical (unpaired) electrons. The zero-order valence-corrected chi connectivity index (χ0v) is 47.4. The molecular weight excluding hydrogens is 952 g/mol. The van der Waals surface area contributed by atoms with E-state index in [2.05, 4.69) is 106 Å². The molecule has 0 bridgehead atoms. The highest BCUT2D eigenvalue weighted by Gasteiger charge is 2.28. The molecule has 0 aromatic carbocycles. The van der Waals surface area contributed by atoms with Crippen molar-refractivity contribution in [3.8, 4) is 0 Å². The Morgan fingerprint density at radius 1 is 0.405 bits per heavy atom. The van der Waals surface area contributed by atoms with E-state index in [1.54, 1.807) is 6.08 Å². The zero-order valence-electron chi connectivity index (χ0n) is 46.5. The standard InChI is InChI=1S/C62H103O11P/c1-4-7-10-13-16-19-22-25-28-29-32-35-38-41-44-47-50-53-62(66)73-59(55-69-60(64)51-48-45-42-39-36-33-30-26-23-20-17-14-11-8-5-2)57-71-74(67,68)70-56-58(54-63)72-61(65)52-49-46-43-40-37-34-31-27-24-21-18-15-12-9-6-3/h7,9-10,12,16,18-19,21,25,27-28,31-32,35,37,40,46,49,58-59,63H,4-6,8,11,13-15,17,20,22-24,26,29-30,33-34,36,38-39,41-45,47-48,50-57H2,1-3H3,(H,67,68)/b10-7-,12-9-,19-16-,21-18-,28-25-,31-27-,35-32-,40-37-,49-46-. The molecule has 3 atom stereocenters. The first-order valence-corrected chi connectivity index (χ1v) is 30.3. The van der Waals surface area contributed by atoms with Crippen LogP contribution in [0.1, 0.15) is 226 Å². The number of rotatable bonds is 52. The first kappa shape index (κ1) is 70.1. The molecule has 2 N–H and O–H groups in total. The summed E-state index contributed by atoms with van der Waals surface area (Å²) < 4.78 is 39.4. The van der Waals surface area contributed by atoms with Crippen molar-refractivity contribution < 1.29 is 52.2 Å². The lowest BCUT2D eigenvalue weighted by atomic mass is 10.0. The number of carbonyl (C=O) groups excluding carboxylic acids is 3. The number of unbranched alkanes of at least 4 members (excludes halogenated alkanes) is 18. The van der Waals surface area contributed by atoms with E-state index in [9.17, 15) is 28.9 Å². The van der Waals surface area contributed by atoms with E-state index in [1.807, 2.05) is 18.2 Å². The molecule has 3 unspecified atom stereocenters. The monoisotopic (exact) mass is 1050 g/mol. The van der Waals surface area contributed by atoms with Gasteiger partial charge >= 0.3 is 25.7 Å². The summed E-state index contributed by atoms with van der Waals surface area (Å²) in [6.45, 7) is 4.28. The number of esters is 3. The van der Waals surface area contributed by atoms with Crippen LogP contribution < -0.4 is 0 Å². The fraction of sp³-hybridized carbons (Fsp3) is 0.661. The molecule has 0 aliphatic heterocycles. The molecule has 0 spiro atoms. The summed E-state index contributed by atoms with van der Waals surface area (Å²) in [7, 11) is -4.78. The molecular formula is C62H103O11P. The summed E-state index contributed by atoms with van der Waals surface area (Å²) >= 11 is 0. The Labute approximate surface area is 450 Å². The number of allylic oxidation sites excluding steroid dienone is 17. The van der Waals surface area contributed by atoms with Crippen LogP contribution >= 0.6 is 7.82 Å². The molecule has 0 amide bonds. The Morgan fingerprint density at radius 2 is 0.757 bits per heavy atom. The van der Waals surface area contributed by atoms with Crippen molar-refractivity contribution in [2.45, 2.75) is 238 Å². The van der Waals surface area contributed by atoms with Crippen molar-refractivity contribution in [1.82, 2.24) is 0 Å². The molecule has 0 rings (SSSR count). The van der Waals surface area contributed by atoms with Crippen LogP contribution in [0.25, 0.3) is 0 Å². The van der Waals surface area contributed by atoms with Crippen LogP contribution in [0.5, 0.6) is 0 Å². The van der Waals surface area contributed by atoms with E-state index in [0.29, 0.717) is 19.3 Å². The van der Waals surface area contributed by atoms with E-state index in [0.717, 1.165) is 96.3 Å². The number of phosphoric ester groups is 1. The second-order valence-corrected chi connectivity index (χ2v) is 20.2. The molecule has 0 saturated carbocycles. The summed E-state index contributed by atoms with van der Waals surface area (Å²) in [5, 5.41) is 9.79.